The highest BCUT2D eigenvalue weighted by molar-refractivity contribution is 7.80. The minimum absolute atomic E-state index is 0.392. The lowest BCUT2D eigenvalue weighted by molar-refractivity contribution is 0.0318. The molecule has 0 unspecified atom stereocenters. The third-order valence-electron chi connectivity index (χ3n) is 2.85. The summed E-state index contributed by atoms with van der Waals surface area (Å²) in [5, 5.41) is 14.5. The molecule has 0 saturated heterocycles. The second-order valence-electron chi connectivity index (χ2n) is 5.72. The number of oxime groups is 1. The Bertz CT molecular complexity index is 605. The Kier molecular flexibility index (Phi) is 5.02. The van der Waals surface area contributed by atoms with Crippen LogP contribution in [0.15, 0.2) is 33.9 Å². The molecule has 0 aromatic carbocycles. The van der Waals surface area contributed by atoms with Crippen molar-refractivity contribution < 1.29 is 14.7 Å². The fraction of sp³-hybridized carbons (Fsp3) is 0.429. The number of thiophene rings is 1. The van der Waals surface area contributed by atoms with Crippen molar-refractivity contribution in [3.05, 3.63) is 28.7 Å². The minimum Gasteiger partial charge on any atom is -0.443 e. The first-order valence-electron chi connectivity index (χ1n) is 6.75. The van der Waals surface area contributed by atoms with Gasteiger partial charge in [0, 0.05) is 30.4 Å². The Labute approximate surface area is 139 Å². The zero-order valence-electron chi connectivity index (χ0n) is 12.7. The molecule has 0 bridgehead atoms. The van der Waals surface area contributed by atoms with Crippen LogP contribution in [0.4, 0.5) is 4.79 Å². The van der Waals surface area contributed by atoms with Gasteiger partial charge in [0.25, 0.3) is 0 Å². The van der Waals surface area contributed by atoms with E-state index in [9.17, 15) is 10.0 Å². The number of amidine groups is 1. The van der Waals surface area contributed by atoms with E-state index in [4.69, 9.17) is 4.74 Å². The Morgan fingerprint density at radius 2 is 2.00 bits per heavy atom. The molecule has 1 aliphatic heterocycles. The van der Waals surface area contributed by atoms with Gasteiger partial charge in [-0.3, -0.25) is 4.90 Å². The molecule has 22 heavy (non-hydrogen) atoms. The zero-order valence-corrected chi connectivity index (χ0v) is 14.4. The summed E-state index contributed by atoms with van der Waals surface area (Å²) in [5.41, 5.74) is -0.530. The normalized spacial score (nSPS) is 16.1. The van der Waals surface area contributed by atoms with Gasteiger partial charge in [-0.15, -0.1) is 24.0 Å². The molecule has 1 aromatic rings. The second kappa shape index (κ2) is 6.62. The van der Waals surface area contributed by atoms with Crippen molar-refractivity contribution in [2.24, 2.45) is 5.16 Å². The summed E-state index contributed by atoms with van der Waals surface area (Å²) >= 11 is 5.79. The summed E-state index contributed by atoms with van der Waals surface area (Å²) < 4.78 is 5.32. The first kappa shape index (κ1) is 16.7. The van der Waals surface area contributed by atoms with Crippen LogP contribution in [0, 0.1) is 0 Å². The van der Waals surface area contributed by atoms with E-state index in [0.29, 0.717) is 18.9 Å². The Morgan fingerprint density at radius 3 is 2.45 bits per heavy atom. The molecule has 120 valence electrons. The molecule has 2 rings (SSSR count). The van der Waals surface area contributed by atoms with Gasteiger partial charge in [-0.25, -0.2) is 4.79 Å². The van der Waals surface area contributed by atoms with Crippen molar-refractivity contribution >= 4 is 35.9 Å². The standard InChI is InChI=1S/C14H19N3O3S2/c1-14(2,3)20-13(18)17-7-5-16(6-8-17)12(15-19)11-10(21)4-9-22-11/h4-5,7,9,19,21H,6,8H2,1-3H3/b15-12-. The van der Waals surface area contributed by atoms with E-state index in [-0.39, 0.29) is 0 Å². The monoisotopic (exact) mass is 341 g/mol. The topological polar surface area (TPSA) is 65.4 Å². The molecule has 0 radical (unpaired) electrons. The van der Waals surface area contributed by atoms with Gasteiger partial charge in [-0.1, -0.05) is 5.16 Å². The van der Waals surface area contributed by atoms with Crippen LogP contribution < -0.4 is 0 Å². The summed E-state index contributed by atoms with van der Waals surface area (Å²) in [6.07, 6.45) is 2.92. The summed E-state index contributed by atoms with van der Waals surface area (Å²) in [6.45, 7) is 6.42. The van der Waals surface area contributed by atoms with Crippen LogP contribution in [0.5, 0.6) is 0 Å². The third-order valence-corrected chi connectivity index (χ3v) is 4.28. The maximum absolute atomic E-state index is 12.0. The highest BCUT2D eigenvalue weighted by Crippen LogP contribution is 2.24. The number of hydrogen-bond donors (Lipinski definition) is 2. The van der Waals surface area contributed by atoms with E-state index in [0.717, 1.165) is 9.77 Å². The molecule has 1 aliphatic rings. The first-order chi connectivity index (χ1) is 10.3. The molecule has 1 aromatic heterocycles. The average molecular weight is 341 g/mol. The maximum Gasteiger partial charge on any atom is 0.414 e. The van der Waals surface area contributed by atoms with Crippen molar-refractivity contribution in [1.29, 1.82) is 0 Å². The molecule has 0 aliphatic carbocycles. The number of ether oxygens (including phenoxy) is 1. The fourth-order valence-electron chi connectivity index (χ4n) is 1.88. The summed E-state index contributed by atoms with van der Waals surface area (Å²) in [5.74, 6) is 0.417. The van der Waals surface area contributed by atoms with Gasteiger partial charge in [-0.2, -0.15) is 0 Å². The van der Waals surface area contributed by atoms with Crippen LogP contribution in [0.25, 0.3) is 0 Å². The van der Waals surface area contributed by atoms with Crippen molar-refractivity contribution in [3.63, 3.8) is 0 Å². The smallest absolute Gasteiger partial charge is 0.414 e. The van der Waals surface area contributed by atoms with Crippen molar-refractivity contribution in [2.45, 2.75) is 31.3 Å². The quantitative estimate of drug-likeness (QED) is 0.271. The van der Waals surface area contributed by atoms with E-state index < -0.39 is 11.7 Å². The molecular formula is C14H19N3O3S2. The van der Waals surface area contributed by atoms with Gasteiger partial charge in [0.1, 0.15) is 5.60 Å². The molecule has 1 N–H and O–H groups in total. The predicted molar refractivity (Wildman–Crippen MR) is 88.7 cm³/mol. The minimum atomic E-state index is -0.530. The first-order valence-corrected chi connectivity index (χ1v) is 8.08. The second-order valence-corrected chi connectivity index (χ2v) is 7.12. The third kappa shape index (κ3) is 3.95. The van der Waals surface area contributed by atoms with Gasteiger partial charge in [-0.05, 0) is 32.2 Å². The number of nitrogens with zero attached hydrogens (tertiary/aromatic N) is 3. The van der Waals surface area contributed by atoms with Crippen molar-refractivity contribution in [1.82, 2.24) is 9.80 Å². The molecule has 0 fully saturated rings. The SMILES string of the molecule is CC(C)(C)OC(=O)N1C=CN(/C(=N\O)c2sccc2S)CC1. The van der Waals surface area contributed by atoms with E-state index in [2.05, 4.69) is 17.8 Å². The number of hydrogen-bond acceptors (Lipinski definition) is 6. The molecular weight excluding hydrogens is 322 g/mol. The van der Waals surface area contributed by atoms with Crippen molar-refractivity contribution in [2.75, 3.05) is 13.1 Å². The Morgan fingerprint density at radius 1 is 1.36 bits per heavy atom. The molecule has 0 saturated carbocycles. The van der Waals surface area contributed by atoms with Crippen LogP contribution in [-0.2, 0) is 4.74 Å². The number of amides is 1. The van der Waals surface area contributed by atoms with Gasteiger partial charge in [0.15, 0.2) is 5.84 Å². The van der Waals surface area contributed by atoms with Crippen LogP contribution in [0.1, 0.15) is 25.6 Å². The van der Waals surface area contributed by atoms with Crippen LogP contribution in [-0.4, -0.2) is 45.6 Å². The number of carbonyl (C=O) groups excluding carboxylic acids is 1. The molecule has 8 heteroatoms. The van der Waals surface area contributed by atoms with E-state index in [1.165, 1.54) is 16.2 Å². The fourth-order valence-corrected chi connectivity index (χ4v) is 3.10. The van der Waals surface area contributed by atoms with E-state index in [1.54, 1.807) is 17.3 Å². The van der Waals surface area contributed by atoms with Crippen LogP contribution in [0.2, 0.25) is 0 Å². The Balaban J connectivity index is 2.08. The largest absolute Gasteiger partial charge is 0.443 e. The molecule has 1 amide bonds. The van der Waals surface area contributed by atoms with Gasteiger partial charge in [0.2, 0.25) is 0 Å². The lowest BCUT2D eigenvalue weighted by Crippen LogP contribution is -2.42. The molecule has 0 spiro atoms. The molecule has 0 atom stereocenters. The van der Waals surface area contributed by atoms with Gasteiger partial charge < -0.3 is 14.8 Å². The lowest BCUT2D eigenvalue weighted by atomic mass is 10.2. The highest BCUT2D eigenvalue weighted by atomic mass is 32.1. The highest BCUT2D eigenvalue weighted by Gasteiger charge is 2.25. The van der Waals surface area contributed by atoms with Gasteiger partial charge >= 0.3 is 6.09 Å². The van der Waals surface area contributed by atoms with Gasteiger partial charge in [0.05, 0.1) is 4.88 Å². The summed E-state index contributed by atoms with van der Waals surface area (Å²) in [7, 11) is 0. The Hall–Kier alpha value is -1.67. The van der Waals surface area contributed by atoms with E-state index >= 15 is 0 Å². The number of thiol groups is 1. The summed E-state index contributed by atoms with van der Waals surface area (Å²) in [6, 6.07) is 1.84. The number of rotatable bonds is 1. The zero-order chi connectivity index (χ0) is 16.3. The molecule has 2 heterocycles. The van der Waals surface area contributed by atoms with Crippen LogP contribution in [0.3, 0.4) is 0 Å². The average Bonchev–Trinajstić information content (AvgIpc) is 2.85. The number of carbonyl (C=O) groups is 1. The maximum atomic E-state index is 12.0. The lowest BCUT2D eigenvalue weighted by Gasteiger charge is -2.31. The molecule has 6 nitrogen and oxygen atoms in total. The predicted octanol–water partition coefficient (Wildman–Crippen LogP) is 3.20. The van der Waals surface area contributed by atoms with Crippen LogP contribution >= 0.6 is 24.0 Å². The summed E-state index contributed by atoms with van der Waals surface area (Å²) in [4.78, 5) is 16.8. The van der Waals surface area contributed by atoms with E-state index in [1.807, 2.05) is 32.2 Å². The van der Waals surface area contributed by atoms with Crippen molar-refractivity contribution in [3.8, 4) is 0 Å².